The molecule has 0 bridgehead atoms. The molecule has 1 aromatic heterocycles. The molecule has 1 aliphatic carbocycles. The number of aromatic carboxylic acids is 1. The molecule has 1 saturated carbocycles. The Balaban J connectivity index is 1.75. The summed E-state index contributed by atoms with van der Waals surface area (Å²) in [5, 5.41) is 12.4. The molecule has 1 aliphatic heterocycles. The van der Waals surface area contributed by atoms with Crippen molar-refractivity contribution in [2.45, 2.75) is 44.4 Å². The number of alkyl halides is 3. The predicted octanol–water partition coefficient (Wildman–Crippen LogP) is 4.93. The fourth-order valence-electron chi connectivity index (χ4n) is 3.38. The molecule has 0 spiro atoms. The fourth-order valence-corrected chi connectivity index (χ4v) is 3.38. The number of nitrogens with zero attached hydrogens (tertiary/aromatic N) is 2. The molecule has 1 aromatic carbocycles. The first-order valence-corrected chi connectivity index (χ1v) is 10.2. The third-order valence-corrected chi connectivity index (χ3v) is 5.32. The van der Waals surface area contributed by atoms with Crippen LogP contribution in [-0.2, 0) is 4.74 Å². The van der Waals surface area contributed by atoms with Crippen LogP contribution in [0.1, 0.15) is 53.8 Å². The molecule has 2 heterocycles. The van der Waals surface area contributed by atoms with Crippen LogP contribution in [0.2, 0.25) is 0 Å². The van der Waals surface area contributed by atoms with E-state index >= 15 is 0 Å². The van der Waals surface area contributed by atoms with E-state index < -0.39 is 18.2 Å². The summed E-state index contributed by atoms with van der Waals surface area (Å²) in [5.74, 6) is -1.18. The van der Waals surface area contributed by atoms with Crippen LogP contribution >= 0.6 is 0 Å². The van der Waals surface area contributed by atoms with Crippen molar-refractivity contribution in [1.82, 2.24) is 9.97 Å². The van der Waals surface area contributed by atoms with Gasteiger partial charge in [-0.3, -0.25) is 0 Å². The number of ether oxygens (including phenoxy) is 2. The van der Waals surface area contributed by atoms with Crippen molar-refractivity contribution in [3.05, 3.63) is 47.4 Å². The number of carboxylic acids is 1. The molecular weight excluding hydrogens is 427 g/mol. The molecule has 0 radical (unpaired) electrons. The number of rotatable bonds is 7. The van der Waals surface area contributed by atoms with Crippen molar-refractivity contribution < 1.29 is 32.5 Å². The number of carbonyl (C=O) groups is 1. The standard InChI is InChI=1S/C22H22F3N3O4/c1-12(22(23,24)25)32-19-15(13-7-9-31-10-8-13)3-2-4-16(19)28-20-18(21(29)30)27-17(11-26-20)14-5-6-14/h2-4,7,11-12,14H,5-6,8-10H2,1H3,(H,26,28)(H,29,30)/t12-/m0/s1. The molecule has 4 rings (SSSR count). The number of halogens is 3. The Morgan fingerprint density at radius 1 is 1.34 bits per heavy atom. The molecule has 2 N–H and O–H groups in total. The van der Waals surface area contributed by atoms with Crippen molar-refractivity contribution in [3.8, 4) is 5.75 Å². The Bertz CT molecular complexity index is 1050. The van der Waals surface area contributed by atoms with Gasteiger partial charge < -0.3 is 19.9 Å². The summed E-state index contributed by atoms with van der Waals surface area (Å²) >= 11 is 0. The second-order valence-electron chi connectivity index (χ2n) is 7.73. The number of anilines is 2. The summed E-state index contributed by atoms with van der Waals surface area (Å²) in [6.07, 6.45) is -1.00. The predicted molar refractivity (Wildman–Crippen MR) is 110 cm³/mol. The van der Waals surface area contributed by atoms with E-state index in [1.54, 1.807) is 18.2 Å². The topological polar surface area (TPSA) is 93.6 Å². The quantitative estimate of drug-likeness (QED) is 0.619. The van der Waals surface area contributed by atoms with Crippen molar-refractivity contribution in [3.63, 3.8) is 0 Å². The molecule has 0 amide bonds. The van der Waals surface area contributed by atoms with Crippen molar-refractivity contribution in [2.75, 3.05) is 18.5 Å². The van der Waals surface area contributed by atoms with E-state index in [1.807, 2.05) is 0 Å². The van der Waals surface area contributed by atoms with E-state index in [1.165, 1.54) is 12.3 Å². The minimum atomic E-state index is -4.58. The normalized spacial score (nSPS) is 17.4. The maximum absolute atomic E-state index is 13.3. The maximum atomic E-state index is 13.3. The van der Waals surface area contributed by atoms with Gasteiger partial charge in [0.2, 0.25) is 0 Å². The zero-order valence-electron chi connectivity index (χ0n) is 17.3. The van der Waals surface area contributed by atoms with Gasteiger partial charge in [0.1, 0.15) is 0 Å². The number of hydrogen-bond donors (Lipinski definition) is 2. The van der Waals surface area contributed by atoms with Gasteiger partial charge >= 0.3 is 12.1 Å². The highest BCUT2D eigenvalue weighted by molar-refractivity contribution is 5.92. The van der Waals surface area contributed by atoms with Gasteiger partial charge in [-0.15, -0.1) is 0 Å². The lowest BCUT2D eigenvalue weighted by Crippen LogP contribution is -2.31. The van der Waals surface area contributed by atoms with Gasteiger partial charge in [-0.05, 0) is 37.8 Å². The average molecular weight is 449 g/mol. The minimum absolute atomic E-state index is 0.0325. The van der Waals surface area contributed by atoms with Gasteiger partial charge in [0.25, 0.3) is 0 Å². The molecular formula is C22H22F3N3O4. The van der Waals surface area contributed by atoms with E-state index in [9.17, 15) is 23.1 Å². The summed E-state index contributed by atoms with van der Waals surface area (Å²) in [4.78, 5) is 20.2. The third-order valence-electron chi connectivity index (χ3n) is 5.32. The van der Waals surface area contributed by atoms with Crippen LogP contribution in [0.15, 0.2) is 30.5 Å². The van der Waals surface area contributed by atoms with Gasteiger partial charge in [0.05, 0.1) is 30.8 Å². The van der Waals surface area contributed by atoms with E-state index in [0.29, 0.717) is 30.9 Å². The second kappa shape index (κ2) is 8.78. The van der Waals surface area contributed by atoms with Gasteiger partial charge in [-0.2, -0.15) is 13.2 Å². The Morgan fingerprint density at radius 3 is 2.75 bits per heavy atom. The van der Waals surface area contributed by atoms with E-state index in [2.05, 4.69) is 15.3 Å². The first-order chi connectivity index (χ1) is 15.2. The fraction of sp³-hybridized carbons (Fsp3) is 0.409. The zero-order valence-corrected chi connectivity index (χ0v) is 17.3. The summed E-state index contributed by atoms with van der Waals surface area (Å²) in [6, 6.07) is 4.84. The molecule has 170 valence electrons. The minimum Gasteiger partial charge on any atom is -0.478 e. The van der Waals surface area contributed by atoms with E-state index in [0.717, 1.165) is 25.3 Å². The summed E-state index contributed by atoms with van der Waals surface area (Å²) in [5.41, 5.74) is 1.74. The summed E-state index contributed by atoms with van der Waals surface area (Å²) < 4.78 is 50.5. The van der Waals surface area contributed by atoms with Gasteiger partial charge in [-0.1, -0.05) is 18.2 Å². The molecule has 7 nitrogen and oxygen atoms in total. The number of para-hydroxylation sites is 1. The summed E-state index contributed by atoms with van der Waals surface area (Å²) in [6.45, 7) is 1.71. The lowest BCUT2D eigenvalue weighted by atomic mass is 9.99. The second-order valence-corrected chi connectivity index (χ2v) is 7.73. The first kappa shape index (κ1) is 22.1. The van der Waals surface area contributed by atoms with E-state index in [-0.39, 0.29) is 28.9 Å². The molecule has 2 aliphatic rings. The number of nitrogens with one attached hydrogen (secondary N) is 1. The van der Waals surface area contributed by atoms with Gasteiger partial charge in [0, 0.05) is 11.5 Å². The lowest BCUT2D eigenvalue weighted by Gasteiger charge is -2.24. The molecule has 1 fully saturated rings. The first-order valence-electron chi connectivity index (χ1n) is 10.2. The van der Waals surface area contributed by atoms with Crippen molar-refractivity contribution >= 4 is 23.0 Å². The molecule has 0 unspecified atom stereocenters. The number of carboxylic acid groups (broad SMARTS) is 1. The van der Waals surface area contributed by atoms with Gasteiger partial charge in [0.15, 0.2) is 23.4 Å². The van der Waals surface area contributed by atoms with Gasteiger partial charge in [-0.25, -0.2) is 14.8 Å². The van der Waals surface area contributed by atoms with Crippen LogP contribution in [-0.4, -0.2) is 46.5 Å². The van der Waals surface area contributed by atoms with Crippen LogP contribution in [0.25, 0.3) is 5.57 Å². The molecule has 10 heteroatoms. The van der Waals surface area contributed by atoms with Crippen LogP contribution < -0.4 is 10.1 Å². The largest absolute Gasteiger partial charge is 0.478 e. The van der Waals surface area contributed by atoms with Crippen LogP contribution in [0.5, 0.6) is 5.75 Å². The lowest BCUT2D eigenvalue weighted by molar-refractivity contribution is -0.189. The Hall–Kier alpha value is -3.14. The Labute approximate surface area is 182 Å². The Morgan fingerprint density at radius 2 is 2.12 bits per heavy atom. The Kier molecular flexibility index (Phi) is 6.05. The van der Waals surface area contributed by atoms with Crippen molar-refractivity contribution in [1.29, 1.82) is 0 Å². The highest BCUT2D eigenvalue weighted by Gasteiger charge is 2.39. The zero-order chi connectivity index (χ0) is 22.9. The molecule has 32 heavy (non-hydrogen) atoms. The maximum Gasteiger partial charge on any atom is 0.425 e. The highest BCUT2D eigenvalue weighted by atomic mass is 19.4. The number of aromatic nitrogens is 2. The SMILES string of the molecule is C[C@H](Oc1c(Nc2ncc(C3CC3)nc2C(=O)O)cccc1C1=CCOCC1)C(F)(F)F. The molecule has 2 aromatic rings. The smallest absolute Gasteiger partial charge is 0.425 e. The monoisotopic (exact) mass is 449 g/mol. The molecule has 1 atom stereocenters. The summed E-state index contributed by atoms with van der Waals surface area (Å²) in [7, 11) is 0. The van der Waals surface area contributed by atoms with Crippen LogP contribution in [0.3, 0.4) is 0 Å². The molecule has 0 saturated heterocycles. The number of benzene rings is 1. The van der Waals surface area contributed by atoms with Crippen molar-refractivity contribution in [2.24, 2.45) is 0 Å². The van der Waals surface area contributed by atoms with Crippen LogP contribution in [0, 0.1) is 0 Å². The highest BCUT2D eigenvalue weighted by Crippen LogP contribution is 2.41. The number of hydrogen-bond acceptors (Lipinski definition) is 6. The third kappa shape index (κ3) is 4.85. The van der Waals surface area contributed by atoms with Crippen LogP contribution in [0.4, 0.5) is 24.7 Å². The average Bonchev–Trinajstić information content (AvgIpc) is 3.60. The van der Waals surface area contributed by atoms with E-state index in [4.69, 9.17) is 9.47 Å².